The zero-order valence-electron chi connectivity index (χ0n) is 14.6. The van der Waals surface area contributed by atoms with Gasteiger partial charge in [0.1, 0.15) is 6.33 Å². The predicted octanol–water partition coefficient (Wildman–Crippen LogP) is 1.28. The maximum atomic E-state index is 12.1. The number of nitrogens with zero attached hydrogens (tertiary/aromatic N) is 5. The number of rotatable bonds is 6. The molecule has 0 aromatic carbocycles. The van der Waals surface area contributed by atoms with Gasteiger partial charge in [-0.05, 0) is 51.8 Å². The first-order valence-electron chi connectivity index (χ1n) is 8.80. The van der Waals surface area contributed by atoms with Crippen LogP contribution in [-0.2, 0) is 11.2 Å². The van der Waals surface area contributed by atoms with E-state index in [4.69, 9.17) is 0 Å². The smallest absolute Gasteiger partial charge is 0.220 e. The van der Waals surface area contributed by atoms with Crippen LogP contribution < -0.4 is 5.32 Å². The Morgan fingerprint density at radius 3 is 2.83 bits per heavy atom. The highest BCUT2D eigenvalue weighted by Crippen LogP contribution is 2.17. The summed E-state index contributed by atoms with van der Waals surface area (Å²) in [6, 6.07) is 0. The van der Waals surface area contributed by atoms with Crippen LogP contribution in [0.5, 0.6) is 0 Å². The number of likely N-dealkylation sites (tertiary alicyclic amines) is 1. The third-order valence-electron chi connectivity index (χ3n) is 4.81. The Bertz CT molecular complexity index is 704. The minimum absolute atomic E-state index is 0.104. The number of piperidine rings is 1. The summed E-state index contributed by atoms with van der Waals surface area (Å²) in [4.78, 5) is 14.5. The van der Waals surface area contributed by atoms with Crippen molar-refractivity contribution in [1.82, 2.24) is 30.0 Å². The molecule has 0 spiro atoms. The number of carbonyl (C=O) groups excluding carboxylic acids is 1. The Balaban J connectivity index is 1.49. The molecule has 3 heterocycles. The van der Waals surface area contributed by atoms with Crippen molar-refractivity contribution >= 4 is 11.6 Å². The number of aromatic nitrogens is 4. The molecule has 0 aliphatic carbocycles. The van der Waals surface area contributed by atoms with Crippen molar-refractivity contribution in [3.05, 3.63) is 23.1 Å². The van der Waals surface area contributed by atoms with E-state index in [1.165, 1.54) is 19.3 Å². The first kappa shape index (κ1) is 16.8. The van der Waals surface area contributed by atoms with Crippen LogP contribution in [0.4, 0.5) is 0 Å². The summed E-state index contributed by atoms with van der Waals surface area (Å²) >= 11 is 0. The molecule has 7 heteroatoms. The summed E-state index contributed by atoms with van der Waals surface area (Å²) in [5.74, 6) is 0.104. The van der Waals surface area contributed by atoms with Crippen molar-refractivity contribution in [3.63, 3.8) is 0 Å². The van der Waals surface area contributed by atoms with Crippen molar-refractivity contribution in [3.8, 4) is 0 Å². The van der Waals surface area contributed by atoms with Crippen molar-refractivity contribution in [1.29, 1.82) is 0 Å². The Kier molecular flexibility index (Phi) is 5.40. The summed E-state index contributed by atoms with van der Waals surface area (Å²) in [6.07, 6.45) is 6.67. The van der Waals surface area contributed by atoms with E-state index in [-0.39, 0.29) is 5.91 Å². The number of hydrogen-bond donors (Lipinski definition) is 1. The summed E-state index contributed by atoms with van der Waals surface area (Å²) < 4.78 is 1.69. The van der Waals surface area contributed by atoms with Crippen LogP contribution in [0.2, 0.25) is 0 Å². The van der Waals surface area contributed by atoms with Crippen LogP contribution in [-0.4, -0.2) is 56.8 Å². The van der Waals surface area contributed by atoms with Crippen LogP contribution in [0, 0.1) is 13.8 Å². The van der Waals surface area contributed by atoms with Gasteiger partial charge in [0, 0.05) is 25.1 Å². The molecule has 2 aromatic rings. The molecule has 2 aromatic heterocycles. The van der Waals surface area contributed by atoms with E-state index in [1.54, 1.807) is 10.8 Å². The van der Waals surface area contributed by atoms with Crippen LogP contribution >= 0.6 is 0 Å². The van der Waals surface area contributed by atoms with E-state index in [9.17, 15) is 4.79 Å². The number of fused-ring (bicyclic) bond motifs is 1. The molecule has 1 N–H and O–H groups in total. The minimum Gasteiger partial charge on any atom is -0.355 e. The van der Waals surface area contributed by atoms with Gasteiger partial charge < -0.3 is 10.2 Å². The van der Waals surface area contributed by atoms with Gasteiger partial charge in [-0.3, -0.25) is 4.79 Å². The highest BCUT2D eigenvalue weighted by Gasteiger charge is 2.13. The van der Waals surface area contributed by atoms with Crippen molar-refractivity contribution in [2.45, 2.75) is 46.0 Å². The Labute approximate surface area is 142 Å². The van der Waals surface area contributed by atoms with Gasteiger partial charge in [0.2, 0.25) is 5.91 Å². The minimum atomic E-state index is 0.104. The number of carbonyl (C=O) groups is 1. The van der Waals surface area contributed by atoms with E-state index in [0.717, 1.165) is 48.6 Å². The fourth-order valence-corrected chi connectivity index (χ4v) is 3.41. The average Bonchev–Trinajstić information content (AvgIpc) is 3.04. The molecule has 1 aliphatic heterocycles. The van der Waals surface area contributed by atoms with Crippen molar-refractivity contribution < 1.29 is 4.79 Å². The molecular weight excluding hydrogens is 304 g/mol. The quantitative estimate of drug-likeness (QED) is 0.863. The SMILES string of the molecule is Cc1nn2cnnc2c(C)c1CCC(=O)NCCN1CCCCC1. The first-order chi connectivity index (χ1) is 11.6. The summed E-state index contributed by atoms with van der Waals surface area (Å²) in [6.45, 7) is 8.00. The number of aryl methyl sites for hydroxylation is 2. The molecule has 0 saturated carbocycles. The zero-order valence-corrected chi connectivity index (χ0v) is 14.6. The lowest BCUT2D eigenvalue weighted by Crippen LogP contribution is -2.37. The Hall–Kier alpha value is -2.02. The largest absolute Gasteiger partial charge is 0.355 e. The van der Waals surface area contributed by atoms with Crippen LogP contribution in [0.25, 0.3) is 5.65 Å². The fraction of sp³-hybridized carbons (Fsp3) is 0.647. The molecule has 1 saturated heterocycles. The second-order valence-corrected chi connectivity index (χ2v) is 6.54. The van der Waals surface area contributed by atoms with Gasteiger partial charge >= 0.3 is 0 Å². The van der Waals surface area contributed by atoms with Gasteiger partial charge in [-0.1, -0.05) is 6.42 Å². The van der Waals surface area contributed by atoms with E-state index < -0.39 is 0 Å². The molecule has 7 nitrogen and oxygen atoms in total. The number of hydrogen-bond acceptors (Lipinski definition) is 5. The lowest BCUT2D eigenvalue weighted by molar-refractivity contribution is -0.121. The summed E-state index contributed by atoms with van der Waals surface area (Å²) in [5, 5.41) is 15.5. The molecule has 0 unspecified atom stereocenters. The standard InChI is InChI=1S/C17H26N6O/c1-13-15(14(2)21-23-12-19-20-17(13)23)6-7-16(24)18-8-11-22-9-4-3-5-10-22/h12H,3-11H2,1-2H3,(H,18,24). The average molecular weight is 330 g/mol. The molecule has 1 amide bonds. The van der Waals surface area contributed by atoms with E-state index in [2.05, 4.69) is 25.5 Å². The maximum absolute atomic E-state index is 12.1. The molecule has 0 bridgehead atoms. The molecule has 130 valence electrons. The molecule has 24 heavy (non-hydrogen) atoms. The van der Waals surface area contributed by atoms with E-state index in [1.807, 2.05) is 13.8 Å². The summed E-state index contributed by atoms with van der Waals surface area (Å²) in [5.41, 5.74) is 3.85. The normalized spacial score (nSPS) is 15.8. The predicted molar refractivity (Wildman–Crippen MR) is 91.9 cm³/mol. The van der Waals surface area contributed by atoms with Gasteiger partial charge in [0.15, 0.2) is 5.65 Å². The highest BCUT2D eigenvalue weighted by atomic mass is 16.1. The lowest BCUT2D eigenvalue weighted by Gasteiger charge is -2.26. The number of amides is 1. The van der Waals surface area contributed by atoms with Gasteiger partial charge in [0.05, 0.1) is 5.69 Å². The fourth-order valence-electron chi connectivity index (χ4n) is 3.41. The van der Waals surface area contributed by atoms with Crippen molar-refractivity contribution in [2.75, 3.05) is 26.2 Å². The summed E-state index contributed by atoms with van der Waals surface area (Å²) in [7, 11) is 0. The molecule has 1 fully saturated rings. The second kappa shape index (κ2) is 7.70. The van der Waals surface area contributed by atoms with Gasteiger partial charge in [-0.15, -0.1) is 10.2 Å². The topological polar surface area (TPSA) is 75.4 Å². The first-order valence-corrected chi connectivity index (χ1v) is 8.80. The Morgan fingerprint density at radius 2 is 2.04 bits per heavy atom. The van der Waals surface area contributed by atoms with Crippen LogP contribution in [0.3, 0.4) is 0 Å². The van der Waals surface area contributed by atoms with Gasteiger partial charge in [-0.25, -0.2) is 4.52 Å². The maximum Gasteiger partial charge on any atom is 0.220 e. The molecule has 0 radical (unpaired) electrons. The molecule has 1 aliphatic rings. The van der Waals surface area contributed by atoms with Crippen LogP contribution in [0.1, 0.15) is 42.5 Å². The third-order valence-corrected chi connectivity index (χ3v) is 4.81. The van der Waals surface area contributed by atoms with E-state index in [0.29, 0.717) is 12.8 Å². The molecule has 3 rings (SSSR count). The Morgan fingerprint density at radius 1 is 1.25 bits per heavy atom. The molecule has 0 atom stereocenters. The van der Waals surface area contributed by atoms with Crippen molar-refractivity contribution in [2.24, 2.45) is 0 Å². The molecular formula is C17H26N6O. The van der Waals surface area contributed by atoms with E-state index >= 15 is 0 Å². The van der Waals surface area contributed by atoms with Gasteiger partial charge in [-0.2, -0.15) is 5.10 Å². The number of nitrogens with one attached hydrogen (secondary N) is 1. The van der Waals surface area contributed by atoms with Gasteiger partial charge in [0.25, 0.3) is 0 Å². The monoisotopic (exact) mass is 330 g/mol. The lowest BCUT2D eigenvalue weighted by atomic mass is 10.0. The third kappa shape index (κ3) is 3.90. The highest BCUT2D eigenvalue weighted by molar-refractivity contribution is 5.76. The second-order valence-electron chi connectivity index (χ2n) is 6.54. The zero-order chi connectivity index (χ0) is 16.9. The van der Waals surface area contributed by atoms with Crippen LogP contribution in [0.15, 0.2) is 6.33 Å².